The van der Waals surface area contributed by atoms with Crippen LogP contribution in [0.15, 0.2) is 12.3 Å². The Morgan fingerprint density at radius 1 is 1.25 bits per heavy atom. The predicted octanol–water partition coefficient (Wildman–Crippen LogP) is 5.24. The van der Waals surface area contributed by atoms with Crippen LogP contribution in [-0.2, 0) is 9.53 Å². The van der Waals surface area contributed by atoms with Crippen LogP contribution in [0.3, 0.4) is 0 Å². The molecule has 0 radical (unpaired) electrons. The number of hydrogen-bond acceptors (Lipinski definition) is 5. The van der Waals surface area contributed by atoms with Gasteiger partial charge < -0.3 is 19.0 Å². The summed E-state index contributed by atoms with van der Waals surface area (Å²) in [5.74, 6) is 2.08. The molecular weight excluding hydrogens is 378 g/mol. The second kappa shape index (κ2) is 10.4. The summed E-state index contributed by atoms with van der Waals surface area (Å²) in [6.45, 7) is 4.91. The van der Waals surface area contributed by atoms with Crippen LogP contribution >= 0.6 is 11.6 Å². The maximum atomic E-state index is 11.1. The first-order chi connectivity index (χ1) is 13.5. The molecule has 0 N–H and O–H groups in total. The Hall–Kier alpha value is -1.33. The van der Waals surface area contributed by atoms with E-state index in [1.54, 1.807) is 13.1 Å². The molecule has 3 rings (SSSR count). The zero-order valence-corrected chi connectivity index (χ0v) is 17.7. The van der Waals surface area contributed by atoms with E-state index in [0.29, 0.717) is 42.2 Å². The average Bonchev–Trinajstić information content (AvgIpc) is 2.63. The summed E-state index contributed by atoms with van der Waals surface area (Å²) in [5, 5.41) is 0.471. The third kappa shape index (κ3) is 6.35. The lowest BCUT2D eigenvalue weighted by Crippen LogP contribution is -2.36. The molecule has 1 aromatic heterocycles. The first-order valence-corrected chi connectivity index (χ1v) is 10.9. The van der Waals surface area contributed by atoms with E-state index >= 15 is 0 Å². The molecule has 5 nitrogen and oxygen atoms in total. The van der Waals surface area contributed by atoms with Gasteiger partial charge in [0.05, 0.1) is 18.8 Å². The van der Waals surface area contributed by atoms with E-state index in [1.807, 2.05) is 6.07 Å². The van der Waals surface area contributed by atoms with Gasteiger partial charge in [-0.1, -0.05) is 24.9 Å². The van der Waals surface area contributed by atoms with Gasteiger partial charge in [0.15, 0.2) is 0 Å². The molecule has 0 aliphatic heterocycles. The van der Waals surface area contributed by atoms with Gasteiger partial charge in [-0.15, -0.1) is 0 Å². The molecule has 6 heteroatoms. The smallest absolute Gasteiger partial charge is 0.236 e. The largest absolute Gasteiger partial charge is 0.489 e. The van der Waals surface area contributed by atoms with Crippen molar-refractivity contribution in [2.24, 2.45) is 11.8 Å². The summed E-state index contributed by atoms with van der Waals surface area (Å²) in [7, 11) is 0. The first-order valence-electron chi connectivity index (χ1n) is 10.6. The normalized spacial score (nSPS) is 23.7. The predicted molar refractivity (Wildman–Crippen MR) is 109 cm³/mol. The fourth-order valence-corrected chi connectivity index (χ4v) is 4.17. The highest BCUT2D eigenvalue weighted by Gasteiger charge is 2.31. The Kier molecular flexibility index (Phi) is 7.98. The number of rotatable bonds is 10. The van der Waals surface area contributed by atoms with Crippen LogP contribution in [0.5, 0.6) is 11.6 Å². The molecule has 1 atom stereocenters. The quantitative estimate of drug-likeness (QED) is 0.529. The minimum atomic E-state index is 0.218. The average molecular weight is 410 g/mol. The summed E-state index contributed by atoms with van der Waals surface area (Å²) in [6.07, 6.45) is 10.6. The Morgan fingerprint density at radius 2 is 2.00 bits per heavy atom. The molecular formula is C22H32ClNO4. The molecule has 0 saturated heterocycles. The molecule has 0 amide bonds. The highest BCUT2D eigenvalue weighted by molar-refractivity contribution is 6.33. The van der Waals surface area contributed by atoms with Crippen LogP contribution in [-0.4, -0.2) is 36.2 Å². The van der Waals surface area contributed by atoms with Gasteiger partial charge in [-0.2, -0.15) is 0 Å². The lowest BCUT2D eigenvalue weighted by molar-refractivity contribution is -0.119. The van der Waals surface area contributed by atoms with E-state index in [9.17, 15) is 4.79 Å². The van der Waals surface area contributed by atoms with Crippen molar-refractivity contribution in [3.05, 3.63) is 17.3 Å². The minimum Gasteiger partial charge on any atom is -0.489 e. The minimum absolute atomic E-state index is 0.218. The molecule has 0 aromatic carbocycles. The summed E-state index contributed by atoms with van der Waals surface area (Å²) in [6, 6.07) is 1.82. The number of ether oxygens (including phenoxy) is 3. The van der Waals surface area contributed by atoms with Crippen LogP contribution in [0.25, 0.3) is 0 Å². The number of Topliss-reactive ketones (excluding diaryl/α,β-unsaturated/α-hetero) is 1. The molecule has 2 aliphatic carbocycles. The van der Waals surface area contributed by atoms with Crippen molar-refractivity contribution in [1.29, 1.82) is 0 Å². The molecule has 1 heterocycles. The maximum absolute atomic E-state index is 11.1. The third-order valence-corrected chi connectivity index (χ3v) is 5.92. The Morgan fingerprint density at radius 3 is 2.71 bits per heavy atom. The van der Waals surface area contributed by atoms with Gasteiger partial charge in [0.1, 0.15) is 16.6 Å². The van der Waals surface area contributed by atoms with Gasteiger partial charge in [0.25, 0.3) is 0 Å². The number of pyridine rings is 1. The van der Waals surface area contributed by atoms with Crippen LogP contribution < -0.4 is 9.47 Å². The maximum Gasteiger partial charge on any atom is 0.236 e. The number of ketones is 1. The zero-order chi connectivity index (χ0) is 19.9. The highest BCUT2D eigenvalue weighted by atomic mass is 35.5. The fraction of sp³-hybridized carbons (Fsp3) is 0.727. The second-order valence-corrected chi connectivity index (χ2v) is 8.80. The number of aromatic nitrogens is 1. The molecule has 0 spiro atoms. The van der Waals surface area contributed by atoms with Gasteiger partial charge in [0.2, 0.25) is 5.88 Å². The van der Waals surface area contributed by atoms with Crippen LogP contribution in [0.1, 0.15) is 65.2 Å². The molecule has 1 aromatic rings. The van der Waals surface area contributed by atoms with Crippen molar-refractivity contribution < 1.29 is 19.0 Å². The summed E-state index contributed by atoms with van der Waals surface area (Å²) < 4.78 is 17.8. The summed E-state index contributed by atoms with van der Waals surface area (Å²) in [4.78, 5) is 15.4. The molecule has 2 saturated carbocycles. The SMILES string of the molecule is CC(=O)C[C@@H](C)COC1CC(COc2nccc(OC3CCCCC3)c2Cl)C1. The Balaban J connectivity index is 1.38. The molecule has 156 valence electrons. The van der Waals surface area contributed by atoms with Crippen molar-refractivity contribution in [3.8, 4) is 11.6 Å². The van der Waals surface area contributed by atoms with Crippen molar-refractivity contribution in [3.63, 3.8) is 0 Å². The van der Waals surface area contributed by atoms with Gasteiger partial charge in [-0.3, -0.25) is 0 Å². The standard InChI is InChI=1S/C22H32ClNO4/c1-15(10-16(2)25)13-26-19-11-17(12-19)14-27-22-21(23)20(8-9-24-22)28-18-6-4-3-5-7-18/h8-9,15,17-19H,3-7,10-14H2,1-2H3/t15-,17?,19?/m1/s1. The molecule has 28 heavy (non-hydrogen) atoms. The number of nitrogens with zero attached hydrogens (tertiary/aromatic N) is 1. The Labute approximate surface area is 173 Å². The number of halogens is 1. The number of hydrogen-bond donors (Lipinski definition) is 0. The summed E-state index contributed by atoms with van der Waals surface area (Å²) in [5.41, 5.74) is 0. The second-order valence-electron chi connectivity index (χ2n) is 8.42. The summed E-state index contributed by atoms with van der Waals surface area (Å²) >= 11 is 6.46. The van der Waals surface area contributed by atoms with Crippen LogP contribution in [0.4, 0.5) is 0 Å². The number of carbonyl (C=O) groups excluding carboxylic acids is 1. The van der Waals surface area contributed by atoms with Gasteiger partial charge in [-0.05, 0) is 57.3 Å². The van der Waals surface area contributed by atoms with Gasteiger partial charge in [0, 0.05) is 25.3 Å². The van der Waals surface area contributed by atoms with E-state index in [4.69, 9.17) is 25.8 Å². The molecule has 2 aliphatic rings. The fourth-order valence-electron chi connectivity index (χ4n) is 3.96. The van der Waals surface area contributed by atoms with Gasteiger partial charge >= 0.3 is 0 Å². The lowest BCUT2D eigenvalue weighted by Gasteiger charge is -2.35. The van der Waals surface area contributed by atoms with Crippen molar-refractivity contribution in [2.45, 2.75) is 77.4 Å². The van der Waals surface area contributed by atoms with E-state index in [2.05, 4.69) is 11.9 Å². The third-order valence-electron chi connectivity index (χ3n) is 5.57. The lowest BCUT2D eigenvalue weighted by atomic mass is 9.83. The van der Waals surface area contributed by atoms with E-state index in [-0.39, 0.29) is 23.9 Å². The molecule has 0 unspecified atom stereocenters. The van der Waals surface area contributed by atoms with Crippen molar-refractivity contribution in [2.75, 3.05) is 13.2 Å². The molecule has 0 bridgehead atoms. The van der Waals surface area contributed by atoms with Crippen LogP contribution in [0, 0.1) is 11.8 Å². The topological polar surface area (TPSA) is 57.7 Å². The Bertz CT molecular complexity index is 641. The first kappa shape index (κ1) is 21.4. The van der Waals surface area contributed by atoms with Crippen LogP contribution in [0.2, 0.25) is 5.02 Å². The van der Waals surface area contributed by atoms with Gasteiger partial charge in [-0.25, -0.2) is 4.98 Å². The van der Waals surface area contributed by atoms with Crippen molar-refractivity contribution >= 4 is 17.4 Å². The van der Waals surface area contributed by atoms with E-state index in [1.165, 1.54) is 19.3 Å². The molecule has 2 fully saturated rings. The van der Waals surface area contributed by atoms with E-state index in [0.717, 1.165) is 25.7 Å². The van der Waals surface area contributed by atoms with Crippen molar-refractivity contribution in [1.82, 2.24) is 4.98 Å². The highest BCUT2D eigenvalue weighted by Crippen LogP contribution is 2.36. The van der Waals surface area contributed by atoms with E-state index < -0.39 is 0 Å². The monoisotopic (exact) mass is 409 g/mol. The zero-order valence-electron chi connectivity index (χ0n) is 17.0. The number of carbonyl (C=O) groups is 1.